The van der Waals surface area contributed by atoms with Crippen molar-refractivity contribution in [2.45, 2.75) is 143 Å². The minimum absolute atomic E-state index is 0.646. The van der Waals surface area contributed by atoms with Gasteiger partial charge in [-0.2, -0.15) is 0 Å². The molecule has 1 atom stereocenters. The first-order valence-electron chi connectivity index (χ1n) is 13.0. The van der Waals surface area contributed by atoms with E-state index in [2.05, 4.69) is 43.0 Å². The Morgan fingerprint density at radius 1 is 0.464 bits per heavy atom. The van der Waals surface area contributed by atoms with Crippen LogP contribution in [0.1, 0.15) is 136 Å². The van der Waals surface area contributed by atoms with Crippen LogP contribution in [0.4, 0.5) is 0 Å². The van der Waals surface area contributed by atoms with Gasteiger partial charge in [0, 0.05) is 25.5 Å². The normalized spacial score (nSPS) is 16.5. The average molecular weight is 393 g/mol. The summed E-state index contributed by atoms with van der Waals surface area (Å²) in [5.74, 6) is 0. The fourth-order valence-corrected chi connectivity index (χ4v) is 4.42. The molecule has 0 aliphatic carbocycles. The standard InChI is InChI=1S/C26H52N2/c1-4-7-10-13-14-15-16-17-20-23-28-25-24-27(22-19-12-9-6-3)26(28)21-18-11-8-5-2/h24-26H,4-23H2,1-3H3. The van der Waals surface area contributed by atoms with Gasteiger partial charge in [-0.1, -0.05) is 111 Å². The maximum absolute atomic E-state index is 2.66. The molecule has 0 amide bonds. The third kappa shape index (κ3) is 12.0. The second-order valence-electron chi connectivity index (χ2n) is 8.99. The first-order valence-corrected chi connectivity index (χ1v) is 13.0. The number of hydrogen-bond acceptors (Lipinski definition) is 2. The van der Waals surface area contributed by atoms with E-state index in [1.165, 1.54) is 129 Å². The summed E-state index contributed by atoms with van der Waals surface area (Å²) < 4.78 is 0. The minimum atomic E-state index is 0.646. The fraction of sp³-hybridized carbons (Fsp3) is 0.923. The lowest BCUT2D eigenvalue weighted by molar-refractivity contribution is 0.135. The van der Waals surface area contributed by atoms with Crippen LogP contribution in [0.25, 0.3) is 0 Å². The predicted octanol–water partition coefficient (Wildman–Crippen LogP) is 8.48. The molecule has 0 saturated carbocycles. The highest BCUT2D eigenvalue weighted by Crippen LogP contribution is 2.23. The Morgan fingerprint density at radius 3 is 1.29 bits per heavy atom. The van der Waals surface area contributed by atoms with Crippen molar-refractivity contribution in [3.8, 4) is 0 Å². The van der Waals surface area contributed by atoms with Gasteiger partial charge in [-0.05, 0) is 25.7 Å². The van der Waals surface area contributed by atoms with Crippen LogP contribution < -0.4 is 0 Å². The van der Waals surface area contributed by atoms with E-state index in [1.54, 1.807) is 0 Å². The van der Waals surface area contributed by atoms with Crippen molar-refractivity contribution in [1.82, 2.24) is 9.80 Å². The molecule has 2 nitrogen and oxygen atoms in total. The summed E-state index contributed by atoms with van der Waals surface area (Å²) in [6.45, 7) is 9.43. The van der Waals surface area contributed by atoms with Crippen LogP contribution in [-0.4, -0.2) is 29.1 Å². The van der Waals surface area contributed by atoms with Crippen LogP contribution in [0.15, 0.2) is 12.4 Å². The van der Waals surface area contributed by atoms with Crippen molar-refractivity contribution in [2.75, 3.05) is 13.1 Å². The minimum Gasteiger partial charge on any atom is -0.356 e. The van der Waals surface area contributed by atoms with Crippen molar-refractivity contribution in [2.24, 2.45) is 0 Å². The van der Waals surface area contributed by atoms with E-state index in [4.69, 9.17) is 0 Å². The molecule has 1 heterocycles. The van der Waals surface area contributed by atoms with E-state index in [1.807, 2.05) is 0 Å². The molecule has 0 bridgehead atoms. The number of nitrogens with zero attached hydrogens (tertiary/aromatic N) is 2. The Kier molecular flexibility index (Phi) is 16.7. The van der Waals surface area contributed by atoms with E-state index in [0.29, 0.717) is 6.17 Å². The molecule has 2 heteroatoms. The van der Waals surface area contributed by atoms with Crippen LogP contribution >= 0.6 is 0 Å². The Bertz CT molecular complexity index is 352. The molecule has 0 spiro atoms. The topological polar surface area (TPSA) is 6.48 Å². The average Bonchev–Trinajstić information content (AvgIpc) is 3.09. The molecule has 0 aromatic rings. The van der Waals surface area contributed by atoms with Crippen LogP contribution in [-0.2, 0) is 0 Å². The summed E-state index contributed by atoms with van der Waals surface area (Å²) in [4.78, 5) is 5.31. The summed E-state index contributed by atoms with van der Waals surface area (Å²) in [5, 5.41) is 0. The second kappa shape index (κ2) is 18.4. The van der Waals surface area contributed by atoms with Crippen LogP contribution in [0, 0.1) is 0 Å². The molecule has 0 N–H and O–H groups in total. The molecule has 1 aliphatic rings. The van der Waals surface area contributed by atoms with Gasteiger partial charge in [0.15, 0.2) is 0 Å². The van der Waals surface area contributed by atoms with E-state index in [0.717, 1.165) is 0 Å². The first kappa shape index (κ1) is 25.4. The predicted molar refractivity (Wildman–Crippen MR) is 126 cm³/mol. The smallest absolute Gasteiger partial charge is 0.101 e. The Hall–Kier alpha value is -0.660. The molecule has 0 saturated heterocycles. The molecule has 1 rings (SSSR count). The van der Waals surface area contributed by atoms with Crippen molar-refractivity contribution >= 4 is 0 Å². The van der Waals surface area contributed by atoms with Gasteiger partial charge in [0.25, 0.3) is 0 Å². The number of unbranched alkanes of at least 4 members (excludes halogenated alkanes) is 14. The van der Waals surface area contributed by atoms with Gasteiger partial charge in [0.05, 0.1) is 0 Å². The largest absolute Gasteiger partial charge is 0.356 e. The van der Waals surface area contributed by atoms with Gasteiger partial charge >= 0.3 is 0 Å². The van der Waals surface area contributed by atoms with Crippen LogP contribution in [0.2, 0.25) is 0 Å². The third-order valence-electron chi connectivity index (χ3n) is 6.32. The Labute approximate surface area is 178 Å². The van der Waals surface area contributed by atoms with Gasteiger partial charge in [0.2, 0.25) is 0 Å². The maximum Gasteiger partial charge on any atom is 0.101 e. The molecule has 0 aromatic carbocycles. The number of hydrogen-bond donors (Lipinski definition) is 0. The lowest BCUT2D eigenvalue weighted by atomic mass is 10.1. The Balaban J connectivity index is 2.23. The summed E-state index contributed by atoms with van der Waals surface area (Å²) in [7, 11) is 0. The van der Waals surface area contributed by atoms with E-state index < -0.39 is 0 Å². The van der Waals surface area contributed by atoms with Crippen molar-refractivity contribution in [3.05, 3.63) is 12.4 Å². The van der Waals surface area contributed by atoms with Crippen molar-refractivity contribution in [3.63, 3.8) is 0 Å². The first-order chi connectivity index (χ1) is 13.8. The van der Waals surface area contributed by atoms with Crippen molar-refractivity contribution in [1.29, 1.82) is 0 Å². The van der Waals surface area contributed by atoms with E-state index in [9.17, 15) is 0 Å². The molecular formula is C26H52N2. The van der Waals surface area contributed by atoms with Gasteiger partial charge in [-0.25, -0.2) is 0 Å². The lowest BCUT2D eigenvalue weighted by Crippen LogP contribution is -2.39. The molecule has 0 radical (unpaired) electrons. The fourth-order valence-electron chi connectivity index (χ4n) is 4.42. The highest BCUT2D eigenvalue weighted by Gasteiger charge is 2.24. The van der Waals surface area contributed by atoms with Gasteiger partial charge in [-0.3, -0.25) is 0 Å². The third-order valence-corrected chi connectivity index (χ3v) is 6.32. The van der Waals surface area contributed by atoms with Crippen LogP contribution in [0.5, 0.6) is 0 Å². The molecule has 28 heavy (non-hydrogen) atoms. The van der Waals surface area contributed by atoms with E-state index >= 15 is 0 Å². The molecule has 1 aliphatic heterocycles. The lowest BCUT2D eigenvalue weighted by Gasteiger charge is -2.33. The van der Waals surface area contributed by atoms with Crippen LogP contribution in [0.3, 0.4) is 0 Å². The summed E-state index contributed by atoms with van der Waals surface area (Å²) >= 11 is 0. The molecule has 0 aromatic heterocycles. The zero-order valence-corrected chi connectivity index (χ0v) is 19.8. The van der Waals surface area contributed by atoms with E-state index in [-0.39, 0.29) is 0 Å². The van der Waals surface area contributed by atoms with Crippen molar-refractivity contribution < 1.29 is 0 Å². The Morgan fingerprint density at radius 2 is 0.821 bits per heavy atom. The molecule has 166 valence electrons. The summed E-state index contributed by atoms with van der Waals surface area (Å²) in [5.41, 5.74) is 0. The highest BCUT2D eigenvalue weighted by atomic mass is 15.4. The zero-order valence-electron chi connectivity index (χ0n) is 19.8. The number of rotatable bonds is 20. The quantitative estimate of drug-likeness (QED) is 0.192. The monoisotopic (exact) mass is 392 g/mol. The van der Waals surface area contributed by atoms with Gasteiger partial charge in [-0.15, -0.1) is 0 Å². The highest BCUT2D eigenvalue weighted by molar-refractivity contribution is 4.96. The summed E-state index contributed by atoms with van der Waals surface area (Å²) in [6.07, 6.45) is 30.6. The SMILES string of the molecule is CCCCCCCCCCCN1C=CN(CCCCCC)C1CCCCCC. The summed E-state index contributed by atoms with van der Waals surface area (Å²) in [6, 6.07) is 0. The van der Waals surface area contributed by atoms with Gasteiger partial charge in [0.1, 0.15) is 6.17 Å². The second-order valence-corrected chi connectivity index (χ2v) is 8.99. The maximum atomic E-state index is 2.66. The zero-order chi connectivity index (χ0) is 20.3. The molecular weight excluding hydrogens is 340 g/mol. The molecule has 1 unspecified atom stereocenters. The molecule has 0 fully saturated rings. The van der Waals surface area contributed by atoms with Gasteiger partial charge < -0.3 is 9.80 Å².